The topological polar surface area (TPSA) is 41.4 Å². The molecule has 1 aliphatic rings. The number of hydrogen-bond acceptors (Lipinski definition) is 3. The normalized spacial score (nSPS) is 15.9. The molecule has 5 nitrogen and oxygen atoms in total. The summed E-state index contributed by atoms with van der Waals surface area (Å²) >= 11 is 5.74. The molecule has 1 saturated heterocycles. The Morgan fingerprint density at radius 2 is 1.86 bits per heavy atom. The first kappa shape index (κ1) is 20.7. The number of rotatable bonds is 4. The molecule has 28 heavy (non-hydrogen) atoms. The Balaban J connectivity index is 1.57. The molecule has 0 N–H and O–H groups in total. The van der Waals surface area contributed by atoms with Crippen molar-refractivity contribution >= 4 is 17.5 Å². The van der Waals surface area contributed by atoms with Crippen LogP contribution in [0.2, 0.25) is 5.02 Å². The average molecular weight is 415 g/mol. The molecule has 1 aromatic carbocycles. The summed E-state index contributed by atoms with van der Waals surface area (Å²) in [5, 5.41) is 3.04. The molecule has 0 aliphatic carbocycles. The highest BCUT2D eigenvalue weighted by Crippen LogP contribution is 2.35. The number of nitrogens with zero attached hydrogens (tertiary/aromatic N) is 4. The lowest BCUT2D eigenvalue weighted by Crippen LogP contribution is -2.49. The molecule has 2 heterocycles. The second-order valence-electron chi connectivity index (χ2n) is 7.05. The van der Waals surface area contributed by atoms with E-state index in [0.717, 1.165) is 11.2 Å². The smallest absolute Gasteiger partial charge is 0.339 e. The first-order chi connectivity index (χ1) is 13.1. The molecule has 152 valence electrons. The van der Waals surface area contributed by atoms with Crippen LogP contribution in [0.1, 0.15) is 22.5 Å². The molecule has 1 aromatic heterocycles. The van der Waals surface area contributed by atoms with Crippen molar-refractivity contribution in [3.8, 4) is 0 Å². The quantitative estimate of drug-likeness (QED) is 0.768. The number of hydrogen-bond donors (Lipinski definition) is 0. The van der Waals surface area contributed by atoms with Gasteiger partial charge >= 0.3 is 6.18 Å². The van der Waals surface area contributed by atoms with Gasteiger partial charge in [-0.2, -0.15) is 18.3 Å². The van der Waals surface area contributed by atoms with Crippen LogP contribution in [-0.4, -0.2) is 51.7 Å². The molecule has 0 spiro atoms. The van der Waals surface area contributed by atoms with E-state index < -0.39 is 16.9 Å². The van der Waals surface area contributed by atoms with Crippen LogP contribution in [0.4, 0.5) is 13.2 Å². The van der Waals surface area contributed by atoms with E-state index in [1.807, 2.05) is 19.1 Å². The van der Waals surface area contributed by atoms with Crippen molar-refractivity contribution in [3.05, 3.63) is 51.8 Å². The lowest BCUT2D eigenvalue weighted by Gasteiger charge is -2.34. The van der Waals surface area contributed by atoms with Crippen LogP contribution >= 0.6 is 11.6 Å². The summed E-state index contributed by atoms with van der Waals surface area (Å²) in [7, 11) is 0. The van der Waals surface area contributed by atoms with Gasteiger partial charge < -0.3 is 4.90 Å². The van der Waals surface area contributed by atoms with Crippen LogP contribution < -0.4 is 0 Å². The Bertz CT molecular complexity index is 857. The standard InChI is InChI=1S/C19H22ClF3N4O/c1-13-4-3-5-15(10-13)11-25-6-8-26(9-7-25)16(28)12-27-14(2)17(20)18(24-27)19(21,22)23/h3-5,10H,6-9,11-12H2,1-2H3. The zero-order valence-corrected chi connectivity index (χ0v) is 16.5. The molecule has 0 bridgehead atoms. The van der Waals surface area contributed by atoms with Crippen LogP contribution in [0.25, 0.3) is 0 Å². The number of aryl methyl sites for hydroxylation is 1. The molecule has 1 aliphatic heterocycles. The minimum atomic E-state index is -4.64. The Labute approximate surface area is 166 Å². The molecular weight excluding hydrogens is 393 g/mol. The van der Waals surface area contributed by atoms with Crippen molar-refractivity contribution in [2.75, 3.05) is 26.2 Å². The SMILES string of the molecule is Cc1cccc(CN2CCN(C(=O)Cn3nc(C(F)(F)F)c(Cl)c3C)CC2)c1. The Hall–Kier alpha value is -2.06. The van der Waals surface area contributed by atoms with Crippen molar-refractivity contribution in [1.82, 2.24) is 19.6 Å². The Morgan fingerprint density at radius 3 is 2.43 bits per heavy atom. The maximum atomic E-state index is 12.9. The van der Waals surface area contributed by atoms with Gasteiger partial charge in [-0.3, -0.25) is 14.4 Å². The highest BCUT2D eigenvalue weighted by Gasteiger charge is 2.38. The summed E-state index contributed by atoms with van der Waals surface area (Å²) in [6.45, 7) is 6.53. The predicted molar refractivity (Wildman–Crippen MR) is 100 cm³/mol. The molecule has 1 fully saturated rings. The maximum absolute atomic E-state index is 12.9. The fourth-order valence-corrected chi connectivity index (χ4v) is 3.55. The van der Waals surface area contributed by atoms with Crippen LogP contribution in [0.3, 0.4) is 0 Å². The zero-order chi connectivity index (χ0) is 20.5. The predicted octanol–water partition coefficient (Wildman–Crippen LogP) is 3.52. The number of piperazine rings is 1. The van der Waals surface area contributed by atoms with Gasteiger partial charge in [0.25, 0.3) is 0 Å². The summed E-state index contributed by atoms with van der Waals surface area (Å²) < 4.78 is 39.8. The van der Waals surface area contributed by atoms with Gasteiger partial charge in [0.2, 0.25) is 5.91 Å². The average Bonchev–Trinajstić information content (AvgIpc) is 2.91. The lowest BCUT2D eigenvalue weighted by molar-refractivity contribution is -0.142. The van der Waals surface area contributed by atoms with Crippen molar-refractivity contribution in [1.29, 1.82) is 0 Å². The summed E-state index contributed by atoms with van der Waals surface area (Å²) in [5.41, 5.74) is 1.42. The van der Waals surface area contributed by atoms with E-state index in [-0.39, 0.29) is 18.1 Å². The highest BCUT2D eigenvalue weighted by molar-refractivity contribution is 6.32. The third-order valence-electron chi connectivity index (χ3n) is 4.90. The molecule has 2 aromatic rings. The van der Waals surface area contributed by atoms with Gasteiger partial charge in [0, 0.05) is 32.7 Å². The van der Waals surface area contributed by atoms with E-state index in [2.05, 4.69) is 22.1 Å². The zero-order valence-electron chi connectivity index (χ0n) is 15.8. The number of aromatic nitrogens is 2. The van der Waals surface area contributed by atoms with Gasteiger partial charge in [-0.1, -0.05) is 41.4 Å². The van der Waals surface area contributed by atoms with E-state index in [1.165, 1.54) is 18.1 Å². The van der Waals surface area contributed by atoms with Gasteiger partial charge in [0.15, 0.2) is 5.69 Å². The first-order valence-corrected chi connectivity index (χ1v) is 9.38. The van der Waals surface area contributed by atoms with Gasteiger partial charge in [0.1, 0.15) is 6.54 Å². The summed E-state index contributed by atoms with van der Waals surface area (Å²) in [6.07, 6.45) is -4.64. The second kappa shape index (κ2) is 8.13. The maximum Gasteiger partial charge on any atom is 0.436 e. The van der Waals surface area contributed by atoms with E-state index in [1.54, 1.807) is 4.90 Å². The summed E-state index contributed by atoms with van der Waals surface area (Å²) in [6, 6.07) is 8.29. The fourth-order valence-electron chi connectivity index (χ4n) is 3.31. The van der Waals surface area contributed by atoms with E-state index in [4.69, 9.17) is 11.6 Å². The minimum absolute atomic E-state index is 0.139. The fraction of sp³-hybridized carbons (Fsp3) is 0.474. The van der Waals surface area contributed by atoms with Gasteiger partial charge in [0.05, 0.1) is 10.7 Å². The number of alkyl halides is 3. The Morgan fingerprint density at radius 1 is 1.18 bits per heavy atom. The molecule has 0 saturated carbocycles. The molecule has 3 rings (SSSR count). The van der Waals surface area contributed by atoms with Crippen LogP contribution in [0, 0.1) is 13.8 Å². The van der Waals surface area contributed by atoms with Crippen LogP contribution in [0.5, 0.6) is 0 Å². The highest BCUT2D eigenvalue weighted by atomic mass is 35.5. The van der Waals surface area contributed by atoms with Crippen molar-refractivity contribution < 1.29 is 18.0 Å². The van der Waals surface area contributed by atoms with Crippen molar-refractivity contribution in [2.45, 2.75) is 33.1 Å². The summed E-state index contributed by atoms with van der Waals surface area (Å²) in [4.78, 5) is 16.4. The number of carbonyl (C=O) groups is 1. The third kappa shape index (κ3) is 4.67. The summed E-state index contributed by atoms with van der Waals surface area (Å²) in [5.74, 6) is -0.258. The minimum Gasteiger partial charge on any atom is -0.339 e. The van der Waals surface area contributed by atoms with Crippen LogP contribution in [-0.2, 0) is 24.1 Å². The molecule has 0 unspecified atom stereocenters. The van der Waals surface area contributed by atoms with Gasteiger partial charge in [-0.15, -0.1) is 0 Å². The Kier molecular flexibility index (Phi) is 6.00. The molecule has 0 radical (unpaired) electrons. The number of halogens is 4. The number of carbonyl (C=O) groups excluding carboxylic acids is 1. The van der Waals surface area contributed by atoms with Gasteiger partial charge in [-0.25, -0.2) is 0 Å². The molecule has 0 atom stereocenters. The number of amides is 1. The molecule has 1 amide bonds. The van der Waals surface area contributed by atoms with E-state index in [9.17, 15) is 18.0 Å². The van der Waals surface area contributed by atoms with Crippen molar-refractivity contribution in [3.63, 3.8) is 0 Å². The number of benzene rings is 1. The molecular formula is C19H22ClF3N4O. The third-order valence-corrected chi connectivity index (χ3v) is 5.35. The van der Waals surface area contributed by atoms with Crippen LogP contribution in [0.15, 0.2) is 24.3 Å². The lowest BCUT2D eigenvalue weighted by atomic mass is 10.1. The van der Waals surface area contributed by atoms with E-state index >= 15 is 0 Å². The second-order valence-corrected chi connectivity index (χ2v) is 7.43. The van der Waals surface area contributed by atoms with E-state index in [0.29, 0.717) is 26.2 Å². The largest absolute Gasteiger partial charge is 0.436 e. The van der Waals surface area contributed by atoms with Gasteiger partial charge in [-0.05, 0) is 19.4 Å². The first-order valence-electron chi connectivity index (χ1n) is 9.01. The molecule has 9 heteroatoms. The monoisotopic (exact) mass is 414 g/mol. The van der Waals surface area contributed by atoms with Crippen molar-refractivity contribution in [2.24, 2.45) is 0 Å².